The number of anilines is 1. The monoisotopic (exact) mass is 318 g/mol. The van der Waals surface area contributed by atoms with Gasteiger partial charge in [0.05, 0.1) is 15.6 Å². The number of nitrogens with two attached hydrogens (primary N) is 1. The van der Waals surface area contributed by atoms with Crippen molar-refractivity contribution in [1.29, 1.82) is 0 Å². The fourth-order valence-electron chi connectivity index (χ4n) is 1.56. The van der Waals surface area contributed by atoms with Crippen LogP contribution in [0.15, 0.2) is 23.1 Å². The molecule has 20 heavy (non-hydrogen) atoms. The second-order valence-corrected chi connectivity index (χ2v) is 7.19. The summed E-state index contributed by atoms with van der Waals surface area (Å²) in [5.74, 6) is -0.508. The average molecular weight is 319 g/mol. The zero-order valence-electron chi connectivity index (χ0n) is 11.5. The van der Waals surface area contributed by atoms with E-state index in [1.807, 2.05) is 6.92 Å². The normalized spacial score (nSPS) is 12.9. The average Bonchev–Trinajstić information content (AvgIpc) is 2.40. The molecule has 0 aliphatic heterocycles. The van der Waals surface area contributed by atoms with Crippen molar-refractivity contribution in [2.75, 3.05) is 12.3 Å². The van der Waals surface area contributed by atoms with Crippen LogP contribution in [0.4, 0.5) is 5.69 Å². The highest BCUT2D eigenvalue weighted by molar-refractivity contribution is 7.92. The molecule has 0 fully saturated rings. The summed E-state index contributed by atoms with van der Waals surface area (Å²) in [6.45, 7) is 3.82. The number of carbonyl (C=O) groups excluding carboxylic acids is 1. The van der Waals surface area contributed by atoms with Crippen molar-refractivity contribution in [3.05, 3.63) is 23.2 Å². The molecule has 0 radical (unpaired) electrons. The fourth-order valence-corrected chi connectivity index (χ4v) is 3.12. The van der Waals surface area contributed by atoms with Gasteiger partial charge in [0.25, 0.3) is 0 Å². The molecule has 0 heterocycles. The van der Waals surface area contributed by atoms with Crippen LogP contribution in [0.3, 0.4) is 0 Å². The van der Waals surface area contributed by atoms with E-state index in [0.29, 0.717) is 12.2 Å². The number of carbonyl (C=O) groups is 1. The van der Waals surface area contributed by atoms with Gasteiger partial charge >= 0.3 is 0 Å². The van der Waals surface area contributed by atoms with Gasteiger partial charge in [0.15, 0.2) is 9.84 Å². The van der Waals surface area contributed by atoms with Crippen molar-refractivity contribution in [1.82, 2.24) is 5.32 Å². The Morgan fingerprint density at radius 2 is 2.10 bits per heavy atom. The van der Waals surface area contributed by atoms with Crippen LogP contribution in [0.1, 0.15) is 26.7 Å². The molecule has 112 valence electrons. The molecule has 1 atom stereocenters. The van der Waals surface area contributed by atoms with E-state index in [2.05, 4.69) is 5.32 Å². The van der Waals surface area contributed by atoms with Crippen molar-refractivity contribution in [3.8, 4) is 0 Å². The summed E-state index contributed by atoms with van der Waals surface area (Å²) >= 11 is 5.82. The Hall–Kier alpha value is -1.27. The predicted octanol–water partition coefficient (Wildman–Crippen LogP) is 2.00. The highest BCUT2D eigenvalue weighted by Crippen LogP contribution is 2.25. The molecule has 1 unspecified atom stereocenters. The van der Waals surface area contributed by atoms with Gasteiger partial charge in [-0.1, -0.05) is 24.9 Å². The summed E-state index contributed by atoms with van der Waals surface area (Å²) in [5.41, 5.74) is 5.84. The van der Waals surface area contributed by atoms with E-state index in [1.54, 1.807) is 0 Å². The van der Waals surface area contributed by atoms with Crippen LogP contribution < -0.4 is 11.1 Å². The molecule has 5 nitrogen and oxygen atoms in total. The first-order valence-electron chi connectivity index (χ1n) is 6.37. The number of benzene rings is 1. The van der Waals surface area contributed by atoms with Gasteiger partial charge in [-0.2, -0.15) is 0 Å². The van der Waals surface area contributed by atoms with Crippen LogP contribution in [0, 0.1) is 0 Å². The molecular formula is C13H19ClN2O3S. The van der Waals surface area contributed by atoms with Gasteiger partial charge in [-0.25, -0.2) is 8.42 Å². The lowest BCUT2D eigenvalue weighted by molar-refractivity contribution is -0.120. The topological polar surface area (TPSA) is 89.3 Å². The van der Waals surface area contributed by atoms with E-state index in [4.69, 9.17) is 17.3 Å². The standard InChI is InChI=1S/C13H19ClN2O3S/c1-3-4-7-16-13(17)9(2)20(18,19)10-5-6-12(15)11(14)8-10/h5-6,8-9H,3-4,7,15H2,1-2H3,(H,16,17). The fraction of sp³-hybridized carbons (Fsp3) is 0.462. The zero-order chi connectivity index (χ0) is 15.3. The number of halogens is 1. The Morgan fingerprint density at radius 3 is 2.65 bits per heavy atom. The zero-order valence-corrected chi connectivity index (χ0v) is 13.1. The molecule has 0 bridgehead atoms. The summed E-state index contributed by atoms with van der Waals surface area (Å²) in [5, 5.41) is 1.60. The number of sulfone groups is 1. The molecular weight excluding hydrogens is 300 g/mol. The first-order valence-corrected chi connectivity index (χ1v) is 8.29. The molecule has 3 N–H and O–H groups in total. The maximum absolute atomic E-state index is 12.3. The second-order valence-electron chi connectivity index (χ2n) is 4.52. The maximum Gasteiger partial charge on any atom is 0.238 e. The number of amides is 1. The summed E-state index contributed by atoms with van der Waals surface area (Å²) in [6.07, 6.45) is 1.74. The van der Waals surface area contributed by atoms with Crippen LogP contribution in [0.5, 0.6) is 0 Å². The minimum Gasteiger partial charge on any atom is -0.398 e. The molecule has 7 heteroatoms. The predicted molar refractivity (Wildman–Crippen MR) is 80.4 cm³/mol. The van der Waals surface area contributed by atoms with Gasteiger partial charge in [0.2, 0.25) is 5.91 Å². The lowest BCUT2D eigenvalue weighted by Gasteiger charge is -2.13. The minimum absolute atomic E-state index is 0.00478. The van der Waals surface area contributed by atoms with Gasteiger partial charge in [0.1, 0.15) is 5.25 Å². The minimum atomic E-state index is -3.77. The molecule has 0 saturated heterocycles. The molecule has 1 aromatic carbocycles. The van der Waals surface area contributed by atoms with Crippen molar-refractivity contribution in [3.63, 3.8) is 0 Å². The van der Waals surface area contributed by atoms with Gasteiger partial charge < -0.3 is 11.1 Å². The van der Waals surface area contributed by atoms with Gasteiger partial charge in [-0.3, -0.25) is 4.79 Å². The molecule has 1 aromatic rings. The highest BCUT2D eigenvalue weighted by atomic mass is 35.5. The SMILES string of the molecule is CCCCNC(=O)C(C)S(=O)(=O)c1ccc(N)c(Cl)c1. The van der Waals surface area contributed by atoms with Gasteiger partial charge in [0, 0.05) is 6.54 Å². The lowest BCUT2D eigenvalue weighted by atomic mass is 10.3. The molecule has 1 rings (SSSR count). The number of unbranched alkanes of at least 4 members (excludes halogenated alkanes) is 1. The molecule has 1 amide bonds. The molecule has 0 saturated carbocycles. The van der Waals surface area contributed by atoms with E-state index in [-0.39, 0.29) is 9.92 Å². The molecule has 0 aliphatic carbocycles. The van der Waals surface area contributed by atoms with E-state index in [1.165, 1.54) is 25.1 Å². The van der Waals surface area contributed by atoms with Crippen molar-refractivity contribution in [2.45, 2.75) is 36.8 Å². The number of hydrogen-bond donors (Lipinski definition) is 2. The number of rotatable bonds is 6. The van der Waals surface area contributed by atoms with Crippen LogP contribution >= 0.6 is 11.6 Å². The maximum atomic E-state index is 12.3. The largest absolute Gasteiger partial charge is 0.398 e. The van der Waals surface area contributed by atoms with Crippen LogP contribution in [-0.4, -0.2) is 26.1 Å². The summed E-state index contributed by atoms with van der Waals surface area (Å²) < 4.78 is 24.6. The van der Waals surface area contributed by atoms with E-state index >= 15 is 0 Å². The van der Waals surface area contributed by atoms with E-state index in [9.17, 15) is 13.2 Å². The smallest absolute Gasteiger partial charge is 0.238 e. The van der Waals surface area contributed by atoms with Crippen LogP contribution in [0.25, 0.3) is 0 Å². The Balaban J connectivity index is 2.91. The Kier molecular flexibility index (Phi) is 5.83. The molecule has 0 aromatic heterocycles. The third-order valence-corrected chi connectivity index (χ3v) is 5.35. The second kappa shape index (κ2) is 6.95. The van der Waals surface area contributed by atoms with Gasteiger partial charge in [-0.05, 0) is 31.5 Å². The quantitative estimate of drug-likeness (QED) is 0.620. The van der Waals surface area contributed by atoms with Crippen molar-refractivity contribution < 1.29 is 13.2 Å². The lowest BCUT2D eigenvalue weighted by Crippen LogP contribution is -2.38. The van der Waals surface area contributed by atoms with E-state index in [0.717, 1.165) is 12.8 Å². The molecule has 0 spiro atoms. The third kappa shape index (κ3) is 3.86. The first-order chi connectivity index (χ1) is 9.30. The van der Waals surface area contributed by atoms with Gasteiger partial charge in [-0.15, -0.1) is 0 Å². The van der Waals surface area contributed by atoms with Crippen molar-refractivity contribution >= 4 is 33.0 Å². The summed E-state index contributed by atoms with van der Waals surface area (Å²) in [4.78, 5) is 11.8. The Labute approximate surface area is 124 Å². The first kappa shape index (κ1) is 16.8. The third-order valence-electron chi connectivity index (χ3n) is 2.96. The van der Waals surface area contributed by atoms with Crippen molar-refractivity contribution in [2.24, 2.45) is 0 Å². The summed E-state index contributed by atoms with van der Waals surface area (Å²) in [7, 11) is -3.77. The number of nitrogen functional groups attached to an aromatic ring is 1. The highest BCUT2D eigenvalue weighted by Gasteiger charge is 2.29. The van der Waals surface area contributed by atoms with Crippen LogP contribution in [0.2, 0.25) is 5.02 Å². The number of nitrogens with one attached hydrogen (secondary N) is 1. The number of hydrogen-bond acceptors (Lipinski definition) is 4. The Morgan fingerprint density at radius 1 is 1.45 bits per heavy atom. The van der Waals surface area contributed by atoms with E-state index < -0.39 is 21.0 Å². The Bertz CT molecular complexity index is 587. The molecule has 0 aliphatic rings. The summed E-state index contributed by atoms with van der Waals surface area (Å²) in [6, 6.07) is 4.03. The van der Waals surface area contributed by atoms with Crippen LogP contribution in [-0.2, 0) is 14.6 Å².